The zero-order valence-electron chi connectivity index (χ0n) is 46.1. The lowest BCUT2D eigenvalue weighted by Crippen LogP contribution is -2.45. The molecule has 0 aromatic heterocycles. The molecular weight excluding hydrogens is 831 g/mol. The molecule has 2 atom stereocenters. The van der Waals surface area contributed by atoms with Gasteiger partial charge >= 0.3 is 0 Å². The van der Waals surface area contributed by atoms with Crippen LogP contribution < -0.4 is 5.32 Å². The first kappa shape index (κ1) is 66.3. The van der Waals surface area contributed by atoms with Gasteiger partial charge in [0.15, 0.2) is 0 Å². The average molecular weight is 953 g/mol. The Morgan fingerprint density at radius 3 is 0.971 bits per heavy atom. The molecule has 3 N–H and O–H groups in total. The molecule has 0 bridgehead atoms. The molecule has 2 unspecified atom stereocenters. The molecular formula is C64H121NO3. The number of aliphatic hydroxyl groups is 2. The number of carbonyl (C=O) groups excluding carboxylic acids is 1. The smallest absolute Gasteiger partial charge is 0.220 e. The second-order valence-electron chi connectivity index (χ2n) is 21.1. The van der Waals surface area contributed by atoms with Gasteiger partial charge in [-0.2, -0.15) is 0 Å². The van der Waals surface area contributed by atoms with E-state index in [1.54, 1.807) is 0 Å². The third-order valence-corrected chi connectivity index (χ3v) is 14.4. The monoisotopic (exact) mass is 952 g/mol. The number of carbonyl (C=O) groups is 1. The van der Waals surface area contributed by atoms with Crippen LogP contribution in [0.4, 0.5) is 0 Å². The van der Waals surface area contributed by atoms with Crippen LogP contribution in [-0.4, -0.2) is 34.9 Å². The van der Waals surface area contributed by atoms with Gasteiger partial charge in [-0.05, 0) is 51.4 Å². The molecule has 0 aliphatic carbocycles. The van der Waals surface area contributed by atoms with E-state index in [2.05, 4.69) is 67.8 Å². The highest BCUT2D eigenvalue weighted by Crippen LogP contribution is 2.18. The lowest BCUT2D eigenvalue weighted by molar-refractivity contribution is -0.123. The minimum atomic E-state index is -0.658. The normalized spacial score (nSPS) is 13.1. The molecule has 0 aliphatic heterocycles. The van der Waals surface area contributed by atoms with E-state index in [0.717, 1.165) is 51.4 Å². The van der Waals surface area contributed by atoms with E-state index >= 15 is 0 Å². The molecule has 0 aromatic carbocycles. The second-order valence-corrected chi connectivity index (χ2v) is 21.1. The van der Waals surface area contributed by atoms with E-state index in [1.807, 2.05) is 0 Å². The van der Waals surface area contributed by atoms with Gasteiger partial charge in [0.2, 0.25) is 5.91 Å². The Morgan fingerprint density at radius 1 is 0.368 bits per heavy atom. The molecule has 0 spiro atoms. The van der Waals surface area contributed by atoms with Gasteiger partial charge in [-0.25, -0.2) is 0 Å². The summed E-state index contributed by atoms with van der Waals surface area (Å²) >= 11 is 0. The van der Waals surface area contributed by atoms with Crippen molar-refractivity contribution >= 4 is 5.91 Å². The largest absolute Gasteiger partial charge is 0.394 e. The van der Waals surface area contributed by atoms with E-state index in [1.165, 1.54) is 257 Å². The number of rotatable bonds is 57. The van der Waals surface area contributed by atoms with E-state index < -0.39 is 12.1 Å². The number of hydrogen-bond donors (Lipinski definition) is 3. The molecule has 0 fully saturated rings. The van der Waals surface area contributed by atoms with E-state index in [9.17, 15) is 15.0 Å². The van der Waals surface area contributed by atoms with Gasteiger partial charge in [0.05, 0.1) is 18.8 Å². The molecule has 0 radical (unpaired) electrons. The minimum Gasteiger partial charge on any atom is -0.394 e. The summed E-state index contributed by atoms with van der Waals surface area (Å²) in [6.45, 7) is 4.28. The molecule has 68 heavy (non-hydrogen) atoms. The quantitative estimate of drug-likeness (QED) is 0.0420. The third kappa shape index (κ3) is 55.3. The maximum Gasteiger partial charge on any atom is 0.220 e. The molecule has 0 rings (SSSR count). The minimum absolute atomic E-state index is 0.0246. The summed E-state index contributed by atoms with van der Waals surface area (Å²) in [5.41, 5.74) is 0. The lowest BCUT2D eigenvalue weighted by atomic mass is 10.0. The average Bonchev–Trinajstić information content (AvgIpc) is 3.34. The summed E-state index contributed by atoms with van der Waals surface area (Å²) in [5.74, 6) is -0.0246. The fourth-order valence-electron chi connectivity index (χ4n) is 9.71. The summed E-state index contributed by atoms with van der Waals surface area (Å²) in [6.07, 6.45) is 82.7. The standard InChI is InChI=1S/C64H121NO3/c1-3-5-7-9-11-13-15-17-19-21-23-24-25-26-27-28-29-30-31-32-33-34-35-36-37-38-39-40-42-44-46-48-50-52-54-56-58-60-64(68)65-62(61-66)63(67)59-57-55-53-51-49-47-45-43-41-22-20-18-16-14-12-10-8-6-4-2/h5,7,11,13,17,19,23-24,62-63,66-67H,3-4,6,8-10,12,14-16,18,20-22,25-61H2,1-2H3,(H,65,68)/b7-5-,13-11-,19-17-,24-23-. The Hall–Kier alpha value is -1.65. The topological polar surface area (TPSA) is 69.6 Å². The highest BCUT2D eigenvalue weighted by molar-refractivity contribution is 5.76. The molecule has 4 nitrogen and oxygen atoms in total. The fraction of sp³-hybridized carbons (Fsp3) is 0.859. The molecule has 0 heterocycles. The molecule has 0 aromatic rings. The molecule has 4 heteroatoms. The SMILES string of the molecule is CC/C=C\C/C=C\C/C=C\C/C=C\CCCCCCCCCCCCCCCCCCCCCCCCCCC(=O)NC(CO)C(O)CCCCCCCCCCCCCCCCCCCCC. The predicted octanol–water partition coefficient (Wildman–Crippen LogP) is 20.6. The van der Waals surface area contributed by atoms with Gasteiger partial charge in [-0.1, -0.05) is 326 Å². The fourth-order valence-corrected chi connectivity index (χ4v) is 9.71. The highest BCUT2D eigenvalue weighted by Gasteiger charge is 2.20. The van der Waals surface area contributed by atoms with Gasteiger partial charge in [-0.3, -0.25) is 4.79 Å². The first-order valence-corrected chi connectivity index (χ1v) is 30.8. The van der Waals surface area contributed by atoms with Gasteiger partial charge < -0.3 is 15.5 Å². The molecule has 400 valence electrons. The molecule has 0 saturated carbocycles. The number of aliphatic hydroxyl groups excluding tert-OH is 2. The summed E-state index contributed by atoms with van der Waals surface area (Å²) in [6, 6.07) is -0.535. The summed E-state index contributed by atoms with van der Waals surface area (Å²) in [5, 5.41) is 23.4. The molecule has 1 amide bonds. The number of unbranched alkanes of at least 4 members (excludes halogenated alkanes) is 42. The van der Waals surface area contributed by atoms with Gasteiger partial charge in [0.25, 0.3) is 0 Å². The van der Waals surface area contributed by atoms with Crippen LogP contribution in [0.2, 0.25) is 0 Å². The second kappa shape index (κ2) is 59.7. The van der Waals surface area contributed by atoms with Crippen molar-refractivity contribution in [2.75, 3.05) is 6.61 Å². The maximum atomic E-state index is 12.5. The van der Waals surface area contributed by atoms with Gasteiger partial charge in [0.1, 0.15) is 0 Å². The zero-order valence-corrected chi connectivity index (χ0v) is 46.1. The third-order valence-electron chi connectivity index (χ3n) is 14.4. The van der Waals surface area contributed by atoms with Crippen molar-refractivity contribution < 1.29 is 15.0 Å². The van der Waals surface area contributed by atoms with Crippen LogP contribution in [0.3, 0.4) is 0 Å². The maximum absolute atomic E-state index is 12.5. The Balaban J connectivity index is 3.39. The summed E-state index contributed by atoms with van der Waals surface area (Å²) in [7, 11) is 0. The van der Waals surface area contributed by atoms with E-state index in [0.29, 0.717) is 12.8 Å². The van der Waals surface area contributed by atoms with Crippen LogP contribution in [0, 0.1) is 0 Å². The van der Waals surface area contributed by atoms with E-state index in [-0.39, 0.29) is 12.5 Å². The Bertz CT molecular complexity index is 1080. The van der Waals surface area contributed by atoms with Crippen molar-refractivity contribution in [3.8, 4) is 0 Å². The van der Waals surface area contributed by atoms with Gasteiger partial charge in [-0.15, -0.1) is 0 Å². The van der Waals surface area contributed by atoms with Crippen molar-refractivity contribution in [2.24, 2.45) is 0 Å². The van der Waals surface area contributed by atoms with E-state index in [4.69, 9.17) is 0 Å². The Kier molecular flexibility index (Phi) is 58.2. The van der Waals surface area contributed by atoms with Crippen LogP contribution in [0.1, 0.15) is 335 Å². The number of hydrogen-bond acceptors (Lipinski definition) is 3. The van der Waals surface area contributed by atoms with Crippen molar-refractivity contribution in [2.45, 2.75) is 347 Å². The van der Waals surface area contributed by atoms with Crippen LogP contribution >= 0.6 is 0 Å². The van der Waals surface area contributed by atoms with Crippen LogP contribution in [0.25, 0.3) is 0 Å². The first-order valence-electron chi connectivity index (χ1n) is 30.8. The summed E-state index contributed by atoms with van der Waals surface area (Å²) < 4.78 is 0. The van der Waals surface area contributed by atoms with Crippen molar-refractivity contribution in [1.82, 2.24) is 5.32 Å². The number of nitrogens with one attached hydrogen (secondary N) is 1. The van der Waals surface area contributed by atoms with Crippen molar-refractivity contribution in [3.63, 3.8) is 0 Å². The lowest BCUT2D eigenvalue weighted by Gasteiger charge is -2.22. The van der Waals surface area contributed by atoms with Gasteiger partial charge in [0, 0.05) is 6.42 Å². The zero-order chi connectivity index (χ0) is 49.2. The Labute approximate surface area is 426 Å². The predicted molar refractivity (Wildman–Crippen MR) is 304 cm³/mol. The van der Waals surface area contributed by atoms with Crippen LogP contribution in [-0.2, 0) is 4.79 Å². The van der Waals surface area contributed by atoms with Crippen LogP contribution in [0.5, 0.6) is 0 Å². The first-order chi connectivity index (χ1) is 33.7. The summed E-state index contributed by atoms with van der Waals surface area (Å²) in [4.78, 5) is 12.5. The number of allylic oxidation sites excluding steroid dienone is 8. The molecule has 0 saturated heterocycles. The van der Waals surface area contributed by atoms with Crippen LogP contribution in [0.15, 0.2) is 48.6 Å². The van der Waals surface area contributed by atoms with Crippen molar-refractivity contribution in [1.29, 1.82) is 0 Å². The molecule has 0 aliphatic rings. The van der Waals surface area contributed by atoms with Crippen molar-refractivity contribution in [3.05, 3.63) is 48.6 Å². The number of amides is 1. The highest BCUT2D eigenvalue weighted by atomic mass is 16.3. The Morgan fingerprint density at radius 2 is 0.647 bits per heavy atom.